The van der Waals surface area contributed by atoms with Crippen molar-refractivity contribution >= 4 is 0 Å². The molecule has 14 heavy (non-hydrogen) atoms. The Labute approximate surface area is 83.9 Å². The minimum absolute atomic E-state index is 0.389. The fourth-order valence-corrected chi connectivity index (χ4v) is 2.44. The highest BCUT2D eigenvalue weighted by Gasteiger charge is 2.53. The Bertz CT molecular complexity index is 247. The highest BCUT2D eigenvalue weighted by Crippen LogP contribution is 2.43. The summed E-state index contributed by atoms with van der Waals surface area (Å²) < 4.78 is 5.27. The molecule has 2 aliphatic rings. The Kier molecular flexibility index (Phi) is 2.48. The number of nitrogens with one attached hydrogen (secondary N) is 1. The number of hydrogen-bond acceptors (Lipinski definition) is 4. The summed E-state index contributed by atoms with van der Waals surface area (Å²) in [4.78, 5) is 0. The van der Waals surface area contributed by atoms with Crippen LogP contribution in [0.25, 0.3) is 0 Å². The van der Waals surface area contributed by atoms with E-state index in [1.54, 1.807) is 0 Å². The quantitative estimate of drug-likeness (QED) is 0.621. The lowest BCUT2D eigenvalue weighted by Gasteiger charge is -2.42. The number of hydrogen-bond donors (Lipinski definition) is 2. The molecule has 2 fully saturated rings. The fourth-order valence-electron chi connectivity index (χ4n) is 2.44. The average molecular weight is 196 g/mol. The minimum atomic E-state index is -0.844. The summed E-state index contributed by atoms with van der Waals surface area (Å²) in [5, 5.41) is 22.9. The lowest BCUT2D eigenvalue weighted by atomic mass is 9.68. The van der Waals surface area contributed by atoms with Crippen LogP contribution in [0.4, 0.5) is 0 Å². The maximum Gasteiger partial charge on any atom is 0.111 e. The van der Waals surface area contributed by atoms with Gasteiger partial charge in [-0.25, -0.2) is 0 Å². The van der Waals surface area contributed by atoms with E-state index in [1.165, 1.54) is 0 Å². The third-order valence-electron chi connectivity index (χ3n) is 3.56. The predicted octanol–water partition coefficient (Wildman–Crippen LogP) is 0.0312. The van der Waals surface area contributed by atoms with Gasteiger partial charge in [0.25, 0.3) is 0 Å². The van der Waals surface area contributed by atoms with Crippen molar-refractivity contribution in [2.45, 2.75) is 24.9 Å². The Morgan fingerprint density at radius 3 is 2.50 bits per heavy atom. The van der Waals surface area contributed by atoms with Crippen molar-refractivity contribution in [2.75, 3.05) is 26.3 Å². The molecular formula is C10H16N2O2. The highest BCUT2D eigenvalue weighted by atomic mass is 16.5. The fraction of sp³-hybridized carbons (Fsp3) is 0.900. The Hall–Kier alpha value is -0.630. The van der Waals surface area contributed by atoms with Crippen molar-refractivity contribution in [2.24, 2.45) is 5.41 Å². The van der Waals surface area contributed by atoms with E-state index >= 15 is 0 Å². The summed E-state index contributed by atoms with van der Waals surface area (Å²) in [5.41, 5.74) is -1.50. The van der Waals surface area contributed by atoms with Gasteiger partial charge in [0, 0.05) is 6.61 Å². The molecule has 2 heterocycles. The zero-order chi connectivity index (χ0) is 10.1. The van der Waals surface area contributed by atoms with Gasteiger partial charge in [0.2, 0.25) is 0 Å². The molecule has 2 rings (SSSR count). The summed E-state index contributed by atoms with van der Waals surface area (Å²) in [7, 11) is 0. The molecule has 0 saturated carbocycles. The molecule has 2 N–H and O–H groups in total. The van der Waals surface area contributed by atoms with Crippen molar-refractivity contribution in [3.8, 4) is 6.07 Å². The van der Waals surface area contributed by atoms with Crippen LogP contribution < -0.4 is 5.32 Å². The second kappa shape index (κ2) is 3.50. The molecule has 4 heteroatoms. The van der Waals surface area contributed by atoms with E-state index in [-0.39, 0.29) is 0 Å². The second-order valence-corrected chi connectivity index (χ2v) is 4.28. The number of nitrogens with zero attached hydrogens (tertiary/aromatic N) is 1. The van der Waals surface area contributed by atoms with Crippen LogP contribution in [0, 0.1) is 16.7 Å². The van der Waals surface area contributed by atoms with Crippen LogP contribution in [0.3, 0.4) is 0 Å². The molecule has 2 aliphatic heterocycles. The van der Waals surface area contributed by atoms with Crippen LogP contribution in [0.5, 0.6) is 0 Å². The van der Waals surface area contributed by atoms with Crippen molar-refractivity contribution < 1.29 is 9.84 Å². The van der Waals surface area contributed by atoms with Gasteiger partial charge in [-0.3, -0.25) is 0 Å². The van der Waals surface area contributed by atoms with Crippen LogP contribution in [0.15, 0.2) is 0 Å². The first-order valence-electron chi connectivity index (χ1n) is 5.15. The molecule has 0 spiro atoms. The standard InChI is InChI=1S/C10H16N2O2/c11-7-9(3-6-14-8-9)10(13)1-4-12-5-2-10/h12-13H,1-6,8H2. The van der Waals surface area contributed by atoms with Crippen molar-refractivity contribution in [3.63, 3.8) is 0 Å². The summed E-state index contributed by atoms with van der Waals surface area (Å²) in [6.07, 6.45) is 1.98. The first-order chi connectivity index (χ1) is 6.72. The topological polar surface area (TPSA) is 65.3 Å². The van der Waals surface area contributed by atoms with Gasteiger partial charge in [-0.1, -0.05) is 0 Å². The van der Waals surface area contributed by atoms with Crippen LogP contribution in [-0.2, 0) is 4.74 Å². The Morgan fingerprint density at radius 1 is 1.29 bits per heavy atom. The Balaban J connectivity index is 2.21. The normalized spacial score (nSPS) is 36.6. The number of piperidine rings is 1. The molecule has 0 aromatic heterocycles. The van der Waals surface area contributed by atoms with E-state index in [1.807, 2.05) is 0 Å². The SMILES string of the molecule is N#CC1(C2(O)CCNCC2)CCOC1. The molecule has 2 saturated heterocycles. The second-order valence-electron chi connectivity index (χ2n) is 4.28. The molecule has 0 aromatic rings. The van der Waals surface area contributed by atoms with Crippen LogP contribution in [-0.4, -0.2) is 37.0 Å². The van der Waals surface area contributed by atoms with Gasteiger partial charge in [-0.05, 0) is 32.4 Å². The largest absolute Gasteiger partial charge is 0.388 e. The van der Waals surface area contributed by atoms with Crippen LogP contribution in [0.1, 0.15) is 19.3 Å². The summed E-state index contributed by atoms with van der Waals surface area (Å²) in [5.74, 6) is 0. The molecule has 78 valence electrons. The van der Waals surface area contributed by atoms with E-state index in [4.69, 9.17) is 4.74 Å². The van der Waals surface area contributed by atoms with Gasteiger partial charge in [0.15, 0.2) is 0 Å². The molecule has 1 unspecified atom stereocenters. The molecule has 4 nitrogen and oxygen atoms in total. The number of nitriles is 1. The number of rotatable bonds is 1. The van der Waals surface area contributed by atoms with Gasteiger partial charge in [-0.2, -0.15) is 5.26 Å². The van der Waals surface area contributed by atoms with Gasteiger partial charge in [-0.15, -0.1) is 0 Å². The molecule has 0 bridgehead atoms. The summed E-state index contributed by atoms with van der Waals surface area (Å²) >= 11 is 0. The molecule has 1 atom stereocenters. The molecule has 0 aliphatic carbocycles. The molecule has 0 amide bonds. The van der Waals surface area contributed by atoms with Crippen molar-refractivity contribution in [1.82, 2.24) is 5.32 Å². The van der Waals surface area contributed by atoms with E-state index < -0.39 is 11.0 Å². The van der Waals surface area contributed by atoms with E-state index in [0.29, 0.717) is 32.5 Å². The van der Waals surface area contributed by atoms with Gasteiger partial charge in [0.1, 0.15) is 5.41 Å². The van der Waals surface area contributed by atoms with Gasteiger partial charge >= 0.3 is 0 Å². The zero-order valence-corrected chi connectivity index (χ0v) is 8.25. The van der Waals surface area contributed by atoms with Crippen LogP contribution in [0.2, 0.25) is 0 Å². The van der Waals surface area contributed by atoms with Crippen molar-refractivity contribution in [3.05, 3.63) is 0 Å². The third kappa shape index (κ3) is 1.33. The maximum atomic E-state index is 10.5. The van der Waals surface area contributed by atoms with E-state index in [2.05, 4.69) is 11.4 Å². The smallest absolute Gasteiger partial charge is 0.111 e. The van der Waals surface area contributed by atoms with Gasteiger partial charge in [0.05, 0.1) is 18.3 Å². The highest BCUT2D eigenvalue weighted by molar-refractivity contribution is 5.14. The summed E-state index contributed by atoms with van der Waals surface area (Å²) in [6, 6.07) is 2.28. The zero-order valence-electron chi connectivity index (χ0n) is 8.25. The molecule has 0 aromatic carbocycles. The first kappa shape index (κ1) is 9.91. The lowest BCUT2D eigenvalue weighted by molar-refractivity contribution is -0.0789. The Morgan fingerprint density at radius 2 is 2.00 bits per heavy atom. The summed E-state index contributed by atoms with van der Waals surface area (Å²) in [6.45, 7) is 2.57. The molecular weight excluding hydrogens is 180 g/mol. The van der Waals surface area contributed by atoms with E-state index in [0.717, 1.165) is 13.1 Å². The third-order valence-corrected chi connectivity index (χ3v) is 3.56. The average Bonchev–Trinajstić information content (AvgIpc) is 2.68. The monoisotopic (exact) mass is 196 g/mol. The minimum Gasteiger partial charge on any atom is -0.388 e. The van der Waals surface area contributed by atoms with Crippen LogP contribution >= 0.6 is 0 Å². The first-order valence-corrected chi connectivity index (χ1v) is 5.15. The number of ether oxygens (including phenoxy) is 1. The predicted molar refractivity (Wildman–Crippen MR) is 50.5 cm³/mol. The van der Waals surface area contributed by atoms with Crippen molar-refractivity contribution in [1.29, 1.82) is 5.26 Å². The van der Waals surface area contributed by atoms with E-state index in [9.17, 15) is 10.4 Å². The lowest BCUT2D eigenvalue weighted by Crippen LogP contribution is -2.54. The van der Waals surface area contributed by atoms with Gasteiger partial charge < -0.3 is 15.2 Å². The maximum absolute atomic E-state index is 10.5. The molecule has 0 radical (unpaired) electrons. The number of aliphatic hydroxyl groups is 1.